The van der Waals surface area contributed by atoms with E-state index >= 15 is 0 Å². The summed E-state index contributed by atoms with van der Waals surface area (Å²) in [5.74, 6) is 0.386. The highest BCUT2D eigenvalue weighted by molar-refractivity contribution is 5.90. The zero-order valence-electron chi connectivity index (χ0n) is 24.0. The largest absolute Gasteiger partial charge is 0.463 e. The van der Waals surface area contributed by atoms with Gasteiger partial charge in [-0.25, -0.2) is 0 Å². The van der Waals surface area contributed by atoms with Crippen LogP contribution < -0.4 is 0 Å². The number of ether oxygens (including phenoxy) is 4. The molecule has 2 heterocycles. The Morgan fingerprint density at radius 1 is 0.947 bits per heavy atom. The van der Waals surface area contributed by atoms with Crippen LogP contribution in [0.5, 0.6) is 0 Å². The fourth-order valence-corrected chi connectivity index (χ4v) is 10.7. The zero-order valence-corrected chi connectivity index (χ0v) is 24.0. The summed E-state index contributed by atoms with van der Waals surface area (Å²) in [6.07, 6.45) is 6.54. The van der Waals surface area contributed by atoms with Gasteiger partial charge in [-0.2, -0.15) is 0 Å². The number of ketones is 1. The number of hydrogen-bond acceptors (Lipinski definition) is 7. The minimum Gasteiger partial charge on any atom is -0.463 e. The number of rotatable bonds is 2. The summed E-state index contributed by atoms with van der Waals surface area (Å²) in [4.78, 5) is 38.8. The molecule has 0 bridgehead atoms. The van der Waals surface area contributed by atoms with Crippen molar-refractivity contribution in [3.8, 4) is 0 Å². The molecule has 4 saturated carbocycles. The van der Waals surface area contributed by atoms with Crippen LogP contribution in [0.25, 0.3) is 0 Å². The molecule has 6 rings (SSSR count). The Balaban J connectivity index is 1.34. The molecular weight excluding hydrogens is 484 g/mol. The molecule has 2 aliphatic heterocycles. The Morgan fingerprint density at radius 3 is 2.34 bits per heavy atom. The lowest BCUT2D eigenvalue weighted by Gasteiger charge is -2.61. The quantitative estimate of drug-likeness (QED) is 0.460. The van der Waals surface area contributed by atoms with Crippen molar-refractivity contribution in [1.82, 2.24) is 0 Å². The van der Waals surface area contributed by atoms with Gasteiger partial charge in [-0.05, 0) is 74.0 Å². The van der Waals surface area contributed by atoms with Crippen LogP contribution in [0.3, 0.4) is 0 Å². The van der Waals surface area contributed by atoms with Gasteiger partial charge in [0.2, 0.25) is 0 Å². The van der Waals surface area contributed by atoms with E-state index in [2.05, 4.69) is 27.7 Å². The first-order valence-corrected chi connectivity index (χ1v) is 15.1. The van der Waals surface area contributed by atoms with Gasteiger partial charge in [-0.15, -0.1) is 0 Å². The second kappa shape index (κ2) is 9.02. The molecule has 0 aromatic rings. The maximum absolute atomic E-state index is 14.6. The van der Waals surface area contributed by atoms with Gasteiger partial charge in [-0.1, -0.05) is 27.7 Å². The van der Waals surface area contributed by atoms with Crippen molar-refractivity contribution in [2.24, 2.45) is 52.3 Å². The van der Waals surface area contributed by atoms with Crippen molar-refractivity contribution in [3.63, 3.8) is 0 Å². The minimum atomic E-state index is -0.758. The highest BCUT2D eigenvalue weighted by atomic mass is 16.7. The van der Waals surface area contributed by atoms with Gasteiger partial charge in [0.1, 0.15) is 6.10 Å². The second-order valence-electron chi connectivity index (χ2n) is 14.3. The number of carbonyl (C=O) groups excluding carboxylic acids is 3. The Bertz CT molecular complexity index is 1000. The van der Waals surface area contributed by atoms with Gasteiger partial charge in [0, 0.05) is 43.4 Å². The third kappa shape index (κ3) is 3.69. The third-order valence-electron chi connectivity index (χ3n) is 12.3. The van der Waals surface area contributed by atoms with Crippen molar-refractivity contribution < 1.29 is 33.3 Å². The van der Waals surface area contributed by atoms with Crippen molar-refractivity contribution >= 4 is 17.7 Å². The van der Waals surface area contributed by atoms with E-state index in [1.54, 1.807) is 0 Å². The van der Waals surface area contributed by atoms with E-state index in [1.807, 2.05) is 0 Å². The first kappa shape index (κ1) is 26.7. The molecule has 212 valence electrons. The number of carbonyl (C=O) groups is 3. The van der Waals surface area contributed by atoms with Crippen LogP contribution in [-0.4, -0.2) is 48.4 Å². The smallest absolute Gasteiger partial charge is 0.303 e. The lowest BCUT2D eigenvalue weighted by molar-refractivity contribution is -0.273. The zero-order chi connectivity index (χ0) is 27.2. The molecule has 7 heteroatoms. The molecule has 0 radical (unpaired) electrons. The van der Waals surface area contributed by atoms with Gasteiger partial charge in [-0.3, -0.25) is 14.4 Å². The molecule has 6 aliphatic rings. The summed E-state index contributed by atoms with van der Waals surface area (Å²) in [7, 11) is 0. The number of Topliss-reactive ketones (excluding diaryl/α,β-unsaturated/α-hetero) is 1. The maximum Gasteiger partial charge on any atom is 0.303 e. The fourth-order valence-electron chi connectivity index (χ4n) is 10.7. The summed E-state index contributed by atoms with van der Waals surface area (Å²) >= 11 is 0. The van der Waals surface area contributed by atoms with Crippen molar-refractivity contribution in [1.29, 1.82) is 0 Å². The molecule has 0 unspecified atom stereocenters. The van der Waals surface area contributed by atoms with Crippen LogP contribution in [0, 0.1) is 52.3 Å². The van der Waals surface area contributed by atoms with Crippen molar-refractivity contribution in [3.05, 3.63) is 0 Å². The lowest BCUT2D eigenvalue weighted by Crippen LogP contribution is -2.65. The molecule has 6 fully saturated rings. The number of esters is 2. The standard InChI is InChI=1S/C31H46O7/c1-16-9-12-31(35-15-16)17(2)25-24(38-31)14-23-22-8-7-20-13-21(36-18(3)32)10-11-29(20,5)26(22)27(34)28(30(23,25)6)37-19(4)33/h16-17,20-26,28H,7-15H2,1-6H3/t16-,17+,20+,21+,22+,23+,24+,25+,26-,28+,29+,30+,31-/m1/s1. The number of hydrogen-bond donors (Lipinski definition) is 0. The summed E-state index contributed by atoms with van der Waals surface area (Å²) in [5, 5.41) is 0. The predicted molar refractivity (Wildman–Crippen MR) is 139 cm³/mol. The molecule has 1 spiro atoms. The van der Waals surface area contributed by atoms with Gasteiger partial charge >= 0.3 is 11.9 Å². The van der Waals surface area contributed by atoms with Crippen LogP contribution >= 0.6 is 0 Å². The van der Waals surface area contributed by atoms with E-state index in [9.17, 15) is 14.4 Å². The summed E-state index contributed by atoms with van der Waals surface area (Å²) < 4.78 is 25.0. The molecule has 0 N–H and O–H groups in total. The second-order valence-corrected chi connectivity index (χ2v) is 14.3. The summed E-state index contributed by atoms with van der Waals surface area (Å²) in [6.45, 7) is 12.6. The van der Waals surface area contributed by atoms with Crippen LogP contribution in [0.15, 0.2) is 0 Å². The molecule has 0 amide bonds. The Morgan fingerprint density at radius 2 is 1.68 bits per heavy atom. The third-order valence-corrected chi connectivity index (χ3v) is 12.3. The van der Waals surface area contributed by atoms with E-state index in [1.165, 1.54) is 13.8 Å². The normalized spacial score (nSPS) is 53.5. The predicted octanol–water partition coefficient (Wildman–Crippen LogP) is 5.09. The minimum absolute atomic E-state index is 0.0169. The van der Waals surface area contributed by atoms with Gasteiger partial charge in [0.05, 0.1) is 12.7 Å². The van der Waals surface area contributed by atoms with Crippen LogP contribution in [-0.2, 0) is 33.3 Å². The average molecular weight is 531 g/mol. The topological polar surface area (TPSA) is 88.1 Å². The van der Waals surface area contributed by atoms with Gasteiger partial charge < -0.3 is 18.9 Å². The molecule has 0 aromatic carbocycles. The van der Waals surface area contributed by atoms with Crippen LogP contribution in [0.4, 0.5) is 0 Å². The summed E-state index contributed by atoms with van der Waals surface area (Å²) in [5.41, 5.74) is -0.646. The van der Waals surface area contributed by atoms with Gasteiger partial charge in [0.25, 0.3) is 0 Å². The maximum atomic E-state index is 14.6. The highest BCUT2D eigenvalue weighted by Crippen LogP contribution is 2.71. The molecule has 2 saturated heterocycles. The van der Waals surface area contributed by atoms with E-state index in [0.29, 0.717) is 18.4 Å². The Kier molecular flexibility index (Phi) is 6.35. The SMILES string of the molecule is CC(=O)O[C@H]1CC[C@@]2(C)[C@@H](CC[C@@H]3[C@@H]2C(=O)[C@H](OC(C)=O)[C@]2(C)[C@@H]4[C@H](C[C@@H]32)O[C@]2(CC[C@@H](C)CO2)[C@H]4C)C1. The molecule has 0 aromatic heterocycles. The van der Waals surface area contributed by atoms with Gasteiger partial charge in [0.15, 0.2) is 17.7 Å². The lowest BCUT2D eigenvalue weighted by atomic mass is 9.43. The van der Waals surface area contributed by atoms with E-state index in [-0.39, 0.29) is 64.9 Å². The monoisotopic (exact) mass is 530 g/mol. The Hall–Kier alpha value is -1.47. The molecule has 7 nitrogen and oxygen atoms in total. The Labute approximate surface area is 227 Å². The molecule has 38 heavy (non-hydrogen) atoms. The van der Waals surface area contributed by atoms with Crippen LogP contribution in [0.2, 0.25) is 0 Å². The molecule has 4 aliphatic carbocycles. The number of fused-ring (bicyclic) bond motifs is 7. The van der Waals surface area contributed by atoms with Crippen molar-refractivity contribution in [2.45, 2.75) is 117 Å². The highest BCUT2D eigenvalue weighted by Gasteiger charge is 2.74. The first-order valence-electron chi connectivity index (χ1n) is 15.1. The summed E-state index contributed by atoms with van der Waals surface area (Å²) in [6, 6.07) is 0. The van der Waals surface area contributed by atoms with E-state index in [0.717, 1.165) is 51.4 Å². The molecular formula is C31H46O7. The fraction of sp³-hybridized carbons (Fsp3) is 0.903. The van der Waals surface area contributed by atoms with Crippen LogP contribution in [0.1, 0.15) is 92.9 Å². The average Bonchev–Trinajstić information content (AvgIpc) is 3.29. The van der Waals surface area contributed by atoms with E-state index < -0.39 is 17.3 Å². The first-order chi connectivity index (χ1) is 17.9. The van der Waals surface area contributed by atoms with E-state index in [4.69, 9.17) is 18.9 Å². The van der Waals surface area contributed by atoms with Crippen molar-refractivity contribution in [2.75, 3.05) is 6.61 Å². The molecule has 13 atom stereocenters.